The van der Waals surface area contributed by atoms with E-state index in [0.717, 1.165) is 11.8 Å². The minimum Gasteiger partial charge on any atom is -0.435 e. The predicted molar refractivity (Wildman–Crippen MR) is 112 cm³/mol. The second kappa shape index (κ2) is 11.0. The van der Waals surface area contributed by atoms with E-state index in [0.29, 0.717) is 11.8 Å². The van der Waals surface area contributed by atoms with Gasteiger partial charge in [-0.2, -0.15) is 8.78 Å². The lowest BCUT2D eigenvalue weighted by Crippen LogP contribution is -2.13. The Labute approximate surface area is 169 Å². The van der Waals surface area contributed by atoms with E-state index < -0.39 is 6.61 Å². The van der Waals surface area contributed by atoms with Crippen molar-refractivity contribution in [3.8, 4) is 5.75 Å². The molecule has 28 heavy (non-hydrogen) atoms. The molecule has 3 rings (SSSR count). The van der Waals surface area contributed by atoms with E-state index in [2.05, 4.69) is 23.8 Å². The third kappa shape index (κ3) is 6.60. The van der Waals surface area contributed by atoms with E-state index in [4.69, 9.17) is 0 Å². The summed E-state index contributed by atoms with van der Waals surface area (Å²) in [7, 11) is 0. The van der Waals surface area contributed by atoms with Crippen molar-refractivity contribution in [3.05, 3.63) is 42.0 Å². The van der Waals surface area contributed by atoms with Gasteiger partial charge in [-0.25, -0.2) is 0 Å². The number of halogens is 2. The lowest BCUT2D eigenvalue weighted by molar-refractivity contribution is -0.0498. The number of alkyl halides is 2. The fourth-order valence-corrected chi connectivity index (χ4v) is 5.12. The van der Waals surface area contributed by atoms with Crippen LogP contribution in [0.5, 0.6) is 5.75 Å². The van der Waals surface area contributed by atoms with Gasteiger partial charge in [-0.1, -0.05) is 63.3 Å². The normalized spacial score (nSPS) is 28.7. The average Bonchev–Trinajstić information content (AvgIpc) is 2.72. The van der Waals surface area contributed by atoms with Gasteiger partial charge in [-0.15, -0.1) is 0 Å². The van der Waals surface area contributed by atoms with E-state index in [1.165, 1.54) is 76.2 Å². The Morgan fingerprint density at radius 3 is 2.18 bits per heavy atom. The van der Waals surface area contributed by atoms with Crippen LogP contribution in [0.3, 0.4) is 0 Å². The molecule has 0 unspecified atom stereocenters. The molecule has 2 saturated carbocycles. The van der Waals surface area contributed by atoms with Crippen LogP contribution in [-0.4, -0.2) is 6.61 Å². The summed E-state index contributed by atoms with van der Waals surface area (Å²) in [6, 6.07) is 7.24. The number of hydrogen-bond donors (Lipinski definition) is 0. The van der Waals surface area contributed by atoms with Gasteiger partial charge < -0.3 is 4.74 Å². The van der Waals surface area contributed by atoms with Crippen molar-refractivity contribution < 1.29 is 13.5 Å². The Morgan fingerprint density at radius 2 is 1.57 bits per heavy atom. The molecule has 0 amide bonds. The lowest BCUT2D eigenvalue weighted by Gasteiger charge is -2.28. The Morgan fingerprint density at radius 1 is 0.929 bits per heavy atom. The summed E-state index contributed by atoms with van der Waals surface area (Å²) in [4.78, 5) is 0. The summed E-state index contributed by atoms with van der Waals surface area (Å²) < 4.78 is 28.9. The fourth-order valence-electron chi connectivity index (χ4n) is 5.12. The molecule has 0 saturated heterocycles. The van der Waals surface area contributed by atoms with Crippen molar-refractivity contribution in [1.82, 2.24) is 0 Å². The number of benzene rings is 1. The van der Waals surface area contributed by atoms with Crippen molar-refractivity contribution in [1.29, 1.82) is 0 Å². The van der Waals surface area contributed by atoms with Gasteiger partial charge in [-0.05, 0) is 79.9 Å². The first-order valence-electron chi connectivity index (χ1n) is 11.4. The van der Waals surface area contributed by atoms with Gasteiger partial charge in [-0.3, -0.25) is 0 Å². The number of hydrogen-bond acceptors (Lipinski definition) is 1. The summed E-state index contributed by atoms with van der Waals surface area (Å²) in [6.07, 6.45) is 19.5. The minimum atomic E-state index is -2.75. The highest BCUT2D eigenvalue weighted by molar-refractivity contribution is 5.29. The quantitative estimate of drug-likeness (QED) is 0.407. The van der Waals surface area contributed by atoms with Gasteiger partial charge in [0.05, 0.1) is 0 Å². The maximum Gasteiger partial charge on any atom is 0.387 e. The highest BCUT2D eigenvalue weighted by Gasteiger charge is 2.21. The average molecular weight is 391 g/mol. The van der Waals surface area contributed by atoms with E-state index in [1.54, 1.807) is 12.1 Å². The first-order chi connectivity index (χ1) is 13.6. The van der Waals surface area contributed by atoms with Crippen LogP contribution in [0.25, 0.3) is 0 Å². The Balaban J connectivity index is 1.34. The van der Waals surface area contributed by atoms with Gasteiger partial charge >= 0.3 is 6.61 Å². The van der Waals surface area contributed by atoms with Crippen LogP contribution in [0.4, 0.5) is 8.78 Å². The molecule has 0 radical (unpaired) electrons. The van der Waals surface area contributed by atoms with Crippen LogP contribution in [0.15, 0.2) is 36.4 Å². The van der Waals surface area contributed by atoms with E-state index >= 15 is 0 Å². The molecule has 0 bridgehead atoms. The fraction of sp³-hybridized carbons (Fsp3) is 0.680. The summed E-state index contributed by atoms with van der Waals surface area (Å²) in [5.74, 6) is 3.47. The molecule has 0 aliphatic heterocycles. The smallest absolute Gasteiger partial charge is 0.387 e. The van der Waals surface area contributed by atoms with Gasteiger partial charge in [0.15, 0.2) is 0 Å². The van der Waals surface area contributed by atoms with E-state index in [9.17, 15) is 8.78 Å². The molecule has 0 heterocycles. The second-order valence-corrected chi connectivity index (χ2v) is 8.86. The summed E-state index contributed by atoms with van der Waals surface area (Å²) >= 11 is 0. The first-order valence-corrected chi connectivity index (χ1v) is 11.4. The topological polar surface area (TPSA) is 9.23 Å². The van der Waals surface area contributed by atoms with Crippen LogP contribution in [0.1, 0.15) is 89.0 Å². The van der Waals surface area contributed by atoms with E-state index in [1.807, 2.05) is 12.1 Å². The molecule has 2 aliphatic rings. The zero-order chi connectivity index (χ0) is 19.8. The van der Waals surface area contributed by atoms with Gasteiger partial charge in [0.2, 0.25) is 0 Å². The highest BCUT2D eigenvalue weighted by Crippen LogP contribution is 2.37. The molecule has 2 fully saturated rings. The Bertz CT molecular complexity index is 579. The van der Waals surface area contributed by atoms with Crippen molar-refractivity contribution in [2.24, 2.45) is 17.8 Å². The zero-order valence-electron chi connectivity index (χ0n) is 17.3. The van der Waals surface area contributed by atoms with Crippen LogP contribution in [0.2, 0.25) is 0 Å². The van der Waals surface area contributed by atoms with E-state index in [-0.39, 0.29) is 5.75 Å². The standard InChI is InChI=1S/C25H36F2O/c1-2-19-7-9-20(10-8-19)5-3-4-6-21-11-13-22(14-12-21)23-15-17-24(18-16-23)28-25(26)27/h4,6,15-22,25H,2-3,5,7-14H2,1H3/b6-4+. The van der Waals surface area contributed by atoms with Crippen LogP contribution < -0.4 is 4.74 Å². The molecule has 1 aromatic rings. The Hall–Kier alpha value is -1.38. The van der Waals surface area contributed by atoms with Gasteiger partial charge in [0.25, 0.3) is 0 Å². The van der Waals surface area contributed by atoms with Gasteiger partial charge in [0.1, 0.15) is 5.75 Å². The maximum atomic E-state index is 12.3. The molecule has 3 heteroatoms. The molecule has 0 spiro atoms. The molecule has 1 nitrogen and oxygen atoms in total. The zero-order valence-corrected chi connectivity index (χ0v) is 17.3. The first kappa shape index (κ1) is 21.3. The monoisotopic (exact) mass is 390 g/mol. The van der Waals surface area contributed by atoms with Crippen molar-refractivity contribution >= 4 is 0 Å². The van der Waals surface area contributed by atoms with Crippen LogP contribution in [0, 0.1) is 17.8 Å². The molecular formula is C25H36F2O. The molecular weight excluding hydrogens is 354 g/mol. The molecule has 0 atom stereocenters. The molecule has 1 aromatic carbocycles. The third-order valence-electron chi connectivity index (χ3n) is 7.04. The summed E-state index contributed by atoms with van der Waals surface area (Å²) in [5, 5.41) is 0. The third-order valence-corrected chi connectivity index (χ3v) is 7.04. The lowest BCUT2D eigenvalue weighted by atomic mass is 9.78. The van der Waals surface area contributed by atoms with Crippen molar-refractivity contribution in [2.45, 2.75) is 90.1 Å². The highest BCUT2D eigenvalue weighted by atomic mass is 19.3. The number of allylic oxidation sites excluding steroid dienone is 2. The maximum absolute atomic E-state index is 12.3. The number of rotatable bonds is 8. The number of ether oxygens (including phenoxy) is 1. The van der Waals surface area contributed by atoms with Crippen LogP contribution >= 0.6 is 0 Å². The second-order valence-electron chi connectivity index (χ2n) is 8.86. The SMILES string of the molecule is CCC1CCC(CC/C=C/C2CCC(c3ccc(OC(F)F)cc3)CC2)CC1. The van der Waals surface area contributed by atoms with Gasteiger partial charge in [0, 0.05) is 0 Å². The largest absolute Gasteiger partial charge is 0.435 e. The Kier molecular flexibility index (Phi) is 8.36. The molecule has 0 aromatic heterocycles. The van der Waals surface area contributed by atoms with Crippen molar-refractivity contribution in [2.75, 3.05) is 0 Å². The summed E-state index contributed by atoms with van der Waals surface area (Å²) in [6.45, 7) is -0.418. The van der Waals surface area contributed by atoms with Crippen molar-refractivity contribution in [3.63, 3.8) is 0 Å². The predicted octanol–water partition coefficient (Wildman–Crippen LogP) is 8.11. The molecule has 2 aliphatic carbocycles. The molecule has 156 valence electrons. The van der Waals surface area contributed by atoms with Crippen LogP contribution in [-0.2, 0) is 0 Å². The molecule has 0 N–H and O–H groups in total. The minimum absolute atomic E-state index is 0.249. The summed E-state index contributed by atoms with van der Waals surface area (Å²) in [5.41, 5.74) is 1.26.